The van der Waals surface area contributed by atoms with Gasteiger partial charge in [-0.15, -0.1) is 0 Å². The molecule has 0 radical (unpaired) electrons. The van der Waals surface area contributed by atoms with Crippen LogP contribution in [0.4, 0.5) is 0 Å². The number of carbonyl (C=O) groups excluding carboxylic acids is 1. The first-order valence-electron chi connectivity index (χ1n) is 5.12. The highest BCUT2D eigenvalue weighted by molar-refractivity contribution is 5.61. The highest BCUT2D eigenvalue weighted by atomic mass is 16.5. The molecule has 0 saturated heterocycles. The van der Waals surface area contributed by atoms with E-state index in [0.717, 1.165) is 6.42 Å². The molecule has 13 heavy (non-hydrogen) atoms. The van der Waals surface area contributed by atoms with Crippen molar-refractivity contribution < 1.29 is 9.53 Å². The van der Waals surface area contributed by atoms with Gasteiger partial charge in [-0.2, -0.15) is 0 Å². The zero-order valence-electron chi connectivity index (χ0n) is 8.88. The quantitative estimate of drug-likeness (QED) is 0.626. The molecule has 0 spiro atoms. The van der Waals surface area contributed by atoms with Gasteiger partial charge in [-0.05, 0) is 24.7 Å². The molecule has 0 heterocycles. The van der Waals surface area contributed by atoms with Crippen molar-refractivity contribution in [3.63, 3.8) is 0 Å². The summed E-state index contributed by atoms with van der Waals surface area (Å²) in [4.78, 5) is 11.2. The van der Waals surface area contributed by atoms with E-state index in [4.69, 9.17) is 4.74 Å². The highest BCUT2D eigenvalue weighted by Crippen LogP contribution is 2.46. The van der Waals surface area contributed by atoms with Gasteiger partial charge in [0.1, 0.15) is 6.29 Å². The average molecular weight is 184 g/mol. The molecule has 1 aliphatic carbocycles. The summed E-state index contributed by atoms with van der Waals surface area (Å²) >= 11 is 0. The summed E-state index contributed by atoms with van der Waals surface area (Å²) in [6.45, 7) is 5.01. The lowest BCUT2D eigenvalue weighted by Gasteiger charge is -2.33. The summed E-state index contributed by atoms with van der Waals surface area (Å²) in [6.07, 6.45) is 4.59. The van der Waals surface area contributed by atoms with Crippen LogP contribution in [-0.4, -0.2) is 20.0 Å². The predicted octanol–water partition coefficient (Wildman–Crippen LogP) is 2.27. The van der Waals surface area contributed by atoms with Crippen LogP contribution in [0.3, 0.4) is 0 Å². The van der Waals surface area contributed by atoms with Crippen LogP contribution in [-0.2, 0) is 9.53 Å². The van der Waals surface area contributed by atoms with Crippen LogP contribution in [0, 0.1) is 17.3 Å². The third-order valence-corrected chi connectivity index (χ3v) is 3.72. The van der Waals surface area contributed by atoms with E-state index in [-0.39, 0.29) is 5.41 Å². The number of hydrogen-bond acceptors (Lipinski definition) is 2. The Hall–Kier alpha value is -0.370. The predicted molar refractivity (Wildman–Crippen MR) is 52.6 cm³/mol. The standard InChI is InChI=1S/C11H20O2/c1-9-5-4-6-11(9,8-12)10(2)7-13-3/h8-10H,4-7H2,1-3H3. The van der Waals surface area contributed by atoms with Crippen molar-refractivity contribution in [1.29, 1.82) is 0 Å². The number of rotatable bonds is 4. The van der Waals surface area contributed by atoms with Crippen molar-refractivity contribution in [2.75, 3.05) is 13.7 Å². The summed E-state index contributed by atoms with van der Waals surface area (Å²) in [5.41, 5.74) is -0.101. The maximum Gasteiger partial charge on any atom is 0.126 e. The van der Waals surface area contributed by atoms with E-state index in [1.807, 2.05) is 0 Å². The average Bonchev–Trinajstić information content (AvgIpc) is 2.48. The molecule has 0 aromatic rings. The normalized spacial score (nSPS) is 36.1. The van der Waals surface area contributed by atoms with E-state index in [9.17, 15) is 4.79 Å². The van der Waals surface area contributed by atoms with Crippen LogP contribution in [0.15, 0.2) is 0 Å². The van der Waals surface area contributed by atoms with E-state index in [1.54, 1.807) is 7.11 Å². The summed E-state index contributed by atoms with van der Waals surface area (Å²) in [5, 5.41) is 0. The topological polar surface area (TPSA) is 26.3 Å². The van der Waals surface area contributed by atoms with E-state index >= 15 is 0 Å². The fourth-order valence-corrected chi connectivity index (χ4v) is 2.66. The van der Waals surface area contributed by atoms with Crippen molar-refractivity contribution >= 4 is 6.29 Å². The first-order valence-corrected chi connectivity index (χ1v) is 5.12. The van der Waals surface area contributed by atoms with Crippen LogP contribution in [0.1, 0.15) is 33.1 Å². The zero-order chi connectivity index (χ0) is 9.90. The lowest BCUT2D eigenvalue weighted by Crippen LogP contribution is -2.35. The van der Waals surface area contributed by atoms with E-state index in [1.165, 1.54) is 19.1 Å². The van der Waals surface area contributed by atoms with Gasteiger partial charge >= 0.3 is 0 Å². The van der Waals surface area contributed by atoms with Crippen molar-refractivity contribution in [3.8, 4) is 0 Å². The minimum Gasteiger partial charge on any atom is -0.384 e. The molecule has 0 bridgehead atoms. The second kappa shape index (κ2) is 4.23. The van der Waals surface area contributed by atoms with Crippen molar-refractivity contribution in [1.82, 2.24) is 0 Å². The monoisotopic (exact) mass is 184 g/mol. The second-order valence-corrected chi connectivity index (χ2v) is 4.38. The Balaban J connectivity index is 2.73. The summed E-state index contributed by atoms with van der Waals surface area (Å²) in [5.74, 6) is 0.877. The Morgan fingerprint density at radius 2 is 2.38 bits per heavy atom. The summed E-state index contributed by atoms with van der Waals surface area (Å²) in [6, 6.07) is 0. The molecule has 0 N–H and O–H groups in total. The molecule has 2 heteroatoms. The highest BCUT2D eigenvalue weighted by Gasteiger charge is 2.44. The molecule has 0 aromatic carbocycles. The molecule has 3 unspecified atom stereocenters. The summed E-state index contributed by atoms with van der Waals surface area (Å²) in [7, 11) is 1.70. The molecule has 0 aliphatic heterocycles. The van der Waals surface area contributed by atoms with Gasteiger partial charge in [-0.25, -0.2) is 0 Å². The molecular formula is C11H20O2. The van der Waals surface area contributed by atoms with Gasteiger partial charge in [0.25, 0.3) is 0 Å². The number of aldehydes is 1. The lowest BCUT2D eigenvalue weighted by atomic mass is 9.71. The number of ether oxygens (including phenoxy) is 1. The largest absolute Gasteiger partial charge is 0.384 e. The molecule has 0 aromatic heterocycles. The molecule has 2 nitrogen and oxygen atoms in total. The minimum absolute atomic E-state index is 0.101. The molecule has 1 fully saturated rings. The molecule has 76 valence electrons. The van der Waals surface area contributed by atoms with Crippen LogP contribution in [0.5, 0.6) is 0 Å². The van der Waals surface area contributed by atoms with Gasteiger partial charge in [0.15, 0.2) is 0 Å². The number of carbonyl (C=O) groups is 1. The lowest BCUT2D eigenvalue weighted by molar-refractivity contribution is -0.122. The van der Waals surface area contributed by atoms with Gasteiger partial charge in [-0.1, -0.05) is 20.3 Å². The zero-order valence-corrected chi connectivity index (χ0v) is 8.88. The SMILES string of the molecule is COCC(C)C1(C=O)CCCC1C. The van der Waals surface area contributed by atoms with Gasteiger partial charge in [-0.3, -0.25) is 0 Å². The first kappa shape index (κ1) is 10.7. The van der Waals surface area contributed by atoms with Gasteiger partial charge in [0, 0.05) is 19.1 Å². The summed E-state index contributed by atoms with van der Waals surface area (Å²) < 4.78 is 5.13. The van der Waals surface area contributed by atoms with Crippen molar-refractivity contribution in [2.45, 2.75) is 33.1 Å². The number of hydrogen-bond donors (Lipinski definition) is 0. The van der Waals surface area contributed by atoms with Gasteiger partial charge in [0.05, 0.1) is 0 Å². The fourth-order valence-electron chi connectivity index (χ4n) is 2.66. The minimum atomic E-state index is -0.101. The fraction of sp³-hybridized carbons (Fsp3) is 0.909. The number of methoxy groups -OCH3 is 1. The Labute approximate surface area is 80.7 Å². The van der Waals surface area contributed by atoms with E-state index in [0.29, 0.717) is 18.4 Å². The van der Waals surface area contributed by atoms with E-state index in [2.05, 4.69) is 13.8 Å². The molecule has 1 saturated carbocycles. The maximum absolute atomic E-state index is 11.2. The van der Waals surface area contributed by atoms with Gasteiger partial charge < -0.3 is 9.53 Å². The molecular weight excluding hydrogens is 164 g/mol. The Bertz CT molecular complexity index is 179. The van der Waals surface area contributed by atoms with E-state index < -0.39 is 0 Å². The van der Waals surface area contributed by atoms with Crippen LogP contribution in [0.2, 0.25) is 0 Å². The smallest absolute Gasteiger partial charge is 0.126 e. The Morgan fingerprint density at radius 1 is 1.69 bits per heavy atom. The molecule has 1 rings (SSSR count). The molecule has 0 amide bonds. The second-order valence-electron chi connectivity index (χ2n) is 4.38. The van der Waals surface area contributed by atoms with Crippen LogP contribution >= 0.6 is 0 Å². The van der Waals surface area contributed by atoms with Crippen LogP contribution in [0.25, 0.3) is 0 Å². The van der Waals surface area contributed by atoms with Crippen molar-refractivity contribution in [2.24, 2.45) is 17.3 Å². The third kappa shape index (κ3) is 1.78. The molecule has 3 atom stereocenters. The Morgan fingerprint density at radius 3 is 2.77 bits per heavy atom. The van der Waals surface area contributed by atoms with Crippen molar-refractivity contribution in [3.05, 3.63) is 0 Å². The Kier molecular flexibility index (Phi) is 3.48. The maximum atomic E-state index is 11.2. The first-order chi connectivity index (χ1) is 6.17. The molecule has 1 aliphatic rings. The third-order valence-electron chi connectivity index (χ3n) is 3.72. The van der Waals surface area contributed by atoms with Crippen LogP contribution < -0.4 is 0 Å². The van der Waals surface area contributed by atoms with Gasteiger partial charge in [0.2, 0.25) is 0 Å².